The van der Waals surface area contributed by atoms with Gasteiger partial charge in [-0.15, -0.1) is 11.3 Å². The highest BCUT2D eigenvalue weighted by Gasteiger charge is 2.08. The molecule has 4 nitrogen and oxygen atoms in total. The lowest BCUT2D eigenvalue weighted by Crippen LogP contribution is -2.24. The lowest BCUT2D eigenvalue weighted by molar-refractivity contribution is -0.120. The van der Waals surface area contributed by atoms with Crippen LogP contribution in [0.2, 0.25) is 0 Å². The van der Waals surface area contributed by atoms with Crippen molar-refractivity contribution in [2.75, 3.05) is 0 Å². The van der Waals surface area contributed by atoms with Crippen molar-refractivity contribution in [3.63, 3.8) is 0 Å². The zero-order valence-electron chi connectivity index (χ0n) is 12.3. The first-order chi connectivity index (χ1) is 10.7. The second-order valence-corrected chi connectivity index (χ2v) is 6.11. The van der Waals surface area contributed by atoms with E-state index in [1.54, 1.807) is 22.2 Å². The van der Waals surface area contributed by atoms with Gasteiger partial charge in [0.2, 0.25) is 5.91 Å². The molecule has 2 heterocycles. The summed E-state index contributed by atoms with van der Waals surface area (Å²) in [5.41, 5.74) is 3.12. The molecule has 0 unspecified atom stereocenters. The summed E-state index contributed by atoms with van der Waals surface area (Å²) in [6, 6.07) is 11.9. The van der Waals surface area contributed by atoms with Crippen LogP contribution in [0.4, 0.5) is 0 Å². The third kappa shape index (κ3) is 3.43. The third-order valence-corrected chi connectivity index (χ3v) is 4.46. The van der Waals surface area contributed by atoms with Crippen LogP contribution in [-0.4, -0.2) is 15.7 Å². The predicted molar refractivity (Wildman–Crippen MR) is 88.2 cm³/mol. The topological polar surface area (TPSA) is 46.9 Å². The van der Waals surface area contributed by atoms with E-state index in [-0.39, 0.29) is 5.91 Å². The van der Waals surface area contributed by atoms with Crippen LogP contribution in [0.5, 0.6) is 0 Å². The number of nitrogens with zero attached hydrogens (tertiary/aromatic N) is 2. The van der Waals surface area contributed by atoms with Gasteiger partial charge in [0.15, 0.2) is 0 Å². The minimum atomic E-state index is 0.0143. The summed E-state index contributed by atoms with van der Waals surface area (Å²) in [6.45, 7) is 2.65. The second-order valence-electron chi connectivity index (χ2n) is 5.11. The largest absolute Gasteiger partial charge is 0.351 e. The Bertz CT molecular complexity index is 761. The summed E-state index contributed by atoms with van der Waals surface area (Å²) in [6.07, 6.45) is 3.98. The van der Waals surface area contributed by atoms with Gasteiger partial charge in [-0.1, -0.05) is 18.2 Å². The normalized spacial score (nSPS) is 10.6. The van der Waals surface area contributed by atoms with E-state index in [9.17, 15) is 4.79 Å². The molecule has 3 rings (SSSR count). The van der Waals surface area contributed by atoms with Crippen molar-refractivity contribution >= 4 is 17.2 Å². The summed E-state index contributed by atoms with van der Waals surface area (Å²) >= 11 is 1.67. The Morgan fingerprint density at radius 1 is 1.27 bits per heavy atom. The number of thiophene rings is 1. The van der Waals surface area contributed by atoms with Crippen LogP contribution in [0.25, 0.3) is 5.69 Å². The summed E-state index contributed by atoms with van der Waals surface area (Å²) in [4.78, 5) is 13.2. The van der Waals surface area contributed by atoms with Gasteiger partial charge in [-0.05, 0) is 41.6 Å². The molecule has 22 heavy (non-hydrogen) atoms. The molecule has 0 aliphatic carbocycles. The highest BCUT2D eigenvalue weighted by Crippen LogP contribution is 2.15. The molecule has 112 valence electrons. The van der Waals surface area contributed by atoms with Gasteiger partial charge in [-0.2, -0.15) is 5.10 Å². The van der Waals surface area contributed by atoms with Crippen LogP contribution >= 0.6 is 11.3 Å². The van der Waals surface area contributed by atoms with E-state index in [1.165, 1.54) is 10.4 Å². The maximum atomic E-state index is 12.0. The fourth-order valence-corrected chi connectivity index (χ4v) is 3.03. The summed E-state index contributed by atoms with van der Waals surface area (Å²) in [5.74, 6) is 0.0143. The summed E-state index contributed by atoms with van der Waals surface area (Å²) in [7, 11) is 0. The standard InChI is InChI=1S/C17H17N3OS/c1-13-7-8-22-16(13)11-18-17(21)9-14-10-19-20(12-14)15-5-3-2-4-6-15/h2-8,10,12H,9,11H2,1H3,(H,18,21). The highest BCUT2D eigenvalue weighted by molar-refractivity contribution is 7.10. The number of benzene rings is 1. The molecule has 0 saturated carbocycles. The number of hydrogen-bond acceptors (Lipinski definition) is 3. The lowest BCUT2D eigenvalue weighted by Gasteiger charge is -2.03. The van der Waals surface area contributed by atoms with Crippen molar-refractivity contribution in [3.05, 3.63) is 70.2 Å². The van der Waals surface area contributed by atoms with Crippen molar-refractivity contribution in [1.29, 1.82) is 0 Å². The van der Waals surface area contributed by atoms with E-state index in [4.69, 9.17) is 0 Å². The number of amides is 1. The maximum Gasteiger partial charge on any atom is 0.224 e. The Hall–Kier alpha value is -2.40. The average Bonchev–Trinajstić information content (AvgIpc) is 3.15. The molecular formula is C17H17N3OS. The Labute approximate surface area is 133 Å². The fourth-order valence-electron chi connectivity index (χ4n) is 2.19. The molecule has 1 amide bonds. The van der Waals surface area contributed by atoms with E-state index >= 15 is 0 Å². The second kappa shape index (κ2) is 6.58. The SMILES string of the molecule is Cc1ccsc1CNC(=O)Cc1cnn(-c2ccccc2)c1. The minimum Gasteiger partial charge on any atom is -0.351 e. The molecule has 0 saturated heterocycles. The van der Waals surface area contributed by atoms with E-state index in [0.29, 0.717) is 13.0 Å². The van der Waals surface area contributed by atoms with Gasteiger partial charge in [0, 0.05) is 11.1 Å². The van der Waals surface area contributed by atoms with Crippen molar-refractivity contribution in [1.82, 2.24) is 15.1 Å². The molecule has 1 aromatic carbocycles. The first-order valence-electron chi connectivity index (χ1n) is 7.11. The Morgan fingerprint density at radius 2 is 2.09 bits per heavy atom. The van der Waals surface area contributed by atoms with E-state index in [2.05, 4.69) is 23.4 Å². The van der Waals surface area contributed by atoms with Gasteiger partial charge in [0.05, 0.1) is 24.8 Å². The maximum absolute atomic E-state index is 12.0. The molecule has 0 radical (unpaired) electrons. The number of hydrogen-bond donors (Lipinski definition) is 1. The first-order valence-corrected chi connectivity index (χ1v) is 7.99. The zero-order chi connectivity index (χ0) is 15.4. The molecule has 5 heteroatoms. The van der Waals surface area contributed by atoms with Crippen LogP contribution in [0.1, 0.15) is 16.0 Å². The number of rotatable bonds is 5. The minimum absolute atomic E-state index is 0.0143. The van der Waals surface area contributed by atoms with Crippen LogP contribution in [0.15, 0.2) is 54.2 Å². The molecule has 0 spiro atoms. The van der Waals surface area contributed by atoms with Gasteiger partial charge < -0.3 is 5.32 Å². The lowest BCUT2D eigenvalue weighted by atomic mass is 10.2. The van der Waals surface area contributed by atoms with Gasteiger partial charge in [0.25, 0.3) is 0 Å². The van der Waals surface area contributed by atoms with Crippen LogP contribution in [-0.2, 0) is 17.8 Å². The van der Waals surface area contributed by atoms with Crippen LogP contribution in [0, 0.1) is 6.92 Å². The molecule has 1 N–H and O–H groups in total. The number of para-hydroxylation sites is 1. The number of aryl methyl sites for hydroxylation is 1. The molecule has 0 fully saturated rings. The quantitative estimate of drug-likeness (QED) is 0.787. The van der Waals surface area contributed by atoms with Crippen molar-refractivity contribution in [3.8, 4) is 5.69 Å². The van der Waals surface area contributed by atoms with Crippen molar-refractivity contribution in [2.24, 2.45) is 0 Å². The Balaban J connectivity index is 1.58. The number of carbonyl (C=O) groups excluding carboxylic acids is 1. The van der Waals surface area contributed by atoms with Gasteiger partial charge in [0.1, 0.15) is 0 Å². The molecular weight excluding hydrogens is 294 g/mol. The Morgan fingerprint density at radius 3 is 2.82 bits per heavy atom. The van der Waals surface area contributed by atoms with E-state index in [1.807, 2.05) is 41.9 Å². The predicted octanol–water partition coefficient (Wildman–Crippen LogP) is 3.10. The molecule has 0 aliphatic heterocycles. The number of aromatic nitrogens is 2. The molecule has 0 aliphatic rings. The van der Waals surface area contributed by atoms with Crippen LogP contribution < -0.4 is 5.32 Å². The van der Waals surface area contributed by atoms with Gasteiger partial charge in [-0.3, -0.25) is 4.79 Å². The van der Waals surface area contributed by atoms with E-state index < -0.39 is 0 Å². The summed E-state index contributed by atoms with van der Waals surface area (Å²) in [5, 5.41) is 9.30. The molecule has 0 atom stereocenters. The van der Waals surface area contributed by atoms with Gasteiger partial charge in [-0.25, -0.2) is 4.68 Å². The van der Waals surface area contributed by atoms with E-state index in [0.717, 1.165) is 11.3 Å². The molecule has 0 bridgehead atoms. The zero-order valence-corrected chi connectivity index (χ0v) is 13.1. The smallest absolute Gasteiger partial charge is 0.224 e. The Kier molecular flexibility index (Phi) is 4.34. The number of nitrogens with one attached hydrogen (secondary N) is 1. The monoisotopic (exact) mass is 311 g/mol. The molecule has 3 aromatic rings. The number of carbonyl (C=O) groups is 1. The molecule has 2 aromatic heterocycles. The van der Waals surface area contributed by atoms with Crippen molar-refractivity contribution < 1.29 is 4.79 Å². The average molecular weight is 311 g/mol. The summed E-state index contributed by atoms with van der Waals surface area (Å²) < 4.78 is 1.78. The highest BCUT2D eigenvalue weighted by atomic mass is 32.1. The fraction of sp³-hybridized carbons (Fsp3) is 0.176. The third-order valence-electron chi connectivity index (χ3n) is 3.44. The van der Waals surface area contributed by atoms with Gasteiger partial charge >= 0.3 is 0 Å². The first kappa shape index (κ1) is 14.5. The van der Waals surface area contributed by atoms with Crippen molar-refractivity contribution in [2.45, 2.75) is 19.9 Å². The van der Waals surface area contributed by atoms with Crippen LogP contribution in [0.3, 0.4) is 0 Å².